The lowest BCUT2D eigenvalue weighted by Gasteiger charge is -2.12. The highest BCUT2D eigenvalue weighted by molar-refractivity contribution is 5.95. The summed E-state index contributed by atoms with van der Waals surface area (Å²) < 4.78 is 4.94. The van der Waals surface area contributed by atoms with Crippen LogP contribution in [0.25, 0.3) is 0 Å². The highest BCUT2D eigenvalue weighted by atomic mass is 16.5. The number of pyridine rings is 1. The Morgan fingerprint density at radius 3 is 2.58 bits per heavy atom. The third-order valence-corrected chi connectivity index (χ3v) is 2.65. The van der Waals surface area contributed by atoms with Gasteiger partial charge in [0.05, 0.1) is 19.0 Å². The third kappa shape index (κ3) is 3.29. The minimum absolute atomic E-state index is 0.279. The van der Waals surface area contributed by atoms with Crippen molar-refractivity contribution in [2.24, 2.45) is 5.73 Å². The number of hydrogen-bond donors (Lipinski definition) is 2. The van der Waals surface area contributed by atoms with Gasteiger partial charge in [0.1, 0.15) is 6.04 Å². The van der Waals surface area contributed by atoms with E-state index in [0.29, 0.717) is 11.6 Å². The fraction of sp³-hybridized carbons (Fsp3) is 0.143. The normalized spacial score (nSPS) is 11.7. The number of carbonyl (C=O) groups is 1. The average molecular weight is 257 g/mol. The molecule has 0 radical (unpaired) electrons. The van der Waals surface area contributed by atoms with Gasteiger partial charge in [-0.15, -0.1) is 0 Å². The Morgan fingerprint density at radius 1 is 1.26 bits per heavy atom. The highest BCUT2D eigenvalue weighted by Crippen LogP contribution is 2.15. The Kier molecular flexibility index (Phi) is 4.10. The topological polar surface area (TPSA) is 77.2 Å². The Bertz CT molecular complexity index is 540. The van der Waals surface area contributed by atoms with Gasteiger partial charge < -0.3 is 15.8 Å². The van der Waals surface area contributed by atoms with Crippen molar-refractivity contribution >= 4 is 11.6 Å². The van der Waals surface area contributed by atoms with Gasteiger partial charge >= 0.3 is 0 Å². The van der Waals surface area contributed by atoms with Crippen LogP contribution in [0.1, 0.15) is 11.6 Å². The molecule has 0 saturated carbocycles. The van der Waals surface area contributed by atoms with E-state index < -0.39 is 6.04 Å². The lowest BCUT2D eigenvalue weighted by Crippen LogP contribution is -2.27. The number of benzene rings is 1. The predicted octanol–water partition coefficient (Wildman–Crippen LogP) is 1.73. The van der Waals surface area contributed by atoms with Crippen LogP contribution in [0.2, 0.25) is 0 Å². The quantitative estimate of drug-likeness (QED) is 0.874. The van der Waals surface area contributed by atoms with Gasteiger partial charge in [-0.3, -0.25) is 4.79 Å². The molecule has 0 unspecified atom stereocenters. The molecular formula is C14H15N3O2. The van der Waals surface area contributed by atoms with Crippen LogP contribution in [0.3, 0.4) is 0 Å². The number of carbonyl (C=O) groups excluding carboxylic acids is 1. The summed E-state index contributed by atoms with van der Waals surface area (Å²) in [4.78, 5) is 16.0. The Labute approximate surface area is 111 Å². The van der Waals surface area contributed by atoms with Crippen LogP contribution in [0, 0.1) is 0 Å². The molecule has 0 aliphatic rings. The van der Waals surface area contributed by atoms with Crippen LogP contribution < -0.4 is 15.8 Å². The minimum Gasteiger partial charge on any atom is -0.481 e. The molecule has 1 aromatic carbocycles. The Hall–Kier alpha value is -2.40. The molecule has 0 bridgehead atoms. The lowest BCUT2D eigenvalue weighted by molar-refractivity contribution is -0.117. The first-order valence-electron chi connectivity index (χ1n) is 5.82. The van der Waals surface area contributed by atoms with Crippen molar-refractivity contribution in [3.63, 3.8) is 0 Å². The summed E-state index contributed by atoms with van der Waals surface area (Å²) in [5.41, 5.74) is 7.23. The fourth-order valence-electron chi connectivity index (χ4n) is 1.61. The lowest BCUT2D eigenvalue weighted by atomic mass is 10.1. The summed E-state index contributed by atoms with van der Waals surface area (Å²) in [5, 5.41) is 2.71. The molecule has 0 fully saturated rings. The Balaban J connectivity index is 2.04. The van der Waals surface area contributed by atoms with Crippen molar-refractivity contribution < 1.29 is 9.53 Å². The molecule has 3 N–H and O–H groups in total. The van der Waals surface area contributed by atoms with Crippen molar-refractivity contribution in [1.29, 1.82) is 0 Å². The molecule has 98 valence electrons. The number of nitrogens with zero attached hydrogens (tertiary/aromatic N) is 1. The molecule has 0 saturated heterocycles. The van der Waals surface area contributed by atoms with E-state index in [1.165, 1.54) is 13.3 Å². The second-order valence-corrected chi connectivity index (χ2v) is 3.97. The number of methoxy groups -OCH3 is 1. The van der Waals surface area contributed by atoms with E-state index in [1.54, 1.807) is 12.1 Å². The van der Waals surface area contributed by atoms with Crippen molar-refractivity contribution in [3.05, 3.63) is 54.2 Å². The van der Waals surface area contributed by atoms with Crippen molar-refractivity contribution in [2.75, 3.05) is 12.4 Å². The minimum atomic E-state index is -0.705. The zero-order chi connectivity index (χ0) is 13.7. The smallest absolute Gasteiger partial charge is 0.245 e. The molecule has 1 heterocycles. The highest BCUT2D eigenvalue weighted by Gasteiger charge is 2.15. The maximum atomic E-state index is 12.0. The van der Waals surface area contributed by atoms with Crippen LogP contribution >= 0.6 is 0 Å². The van der Waals surface area contributed by atoms with E-state index in [9.17, 15) is 4.79 Å². The van der Waals surface area contributed by atoms with Crippen molar-refractivity contribution in [3.8, 4) is 5.88 Å². The summed E-state index contributed by atoms with van der Waals surface area (Å²) in [7, 11) is 1.53. The second-order valence-electron chi connectivity index (χ2n) is 3.97. The zero-order valence-electron chi connectivity index (χ0n) is 10.5. The number of hydrogen-bond acceptors (Lipinski definition) is 4. The number of ether oxygens (including phenoxy) is 1. The SMILES string of the molecule is COc1ccc(NC(=O)[C@@H](N)c2ccccc2)cn1. The van der Waals surface area contributed by atoms with Gasteiger partial charge in [0.25, 0.3) is 0 Å². The van der Waals surface area contributed by atoms with Gasteiger partial charge in [0.15, 0.2) is 0 Å². The molecular weight excluding hydrogens is 242 g/mol. The number of anilines is 1. The first-order valence-corrected chi connectivity index (χ1v) is 5.82. The maximum Gasteiger partial charge on any atom is 0.245 e. The van der Waals surface area contributed by atoms with Crippen LogP contribution in [-0.2, 0) is 4.79 Å². The van der Waals surface area contributed by atoms with E-state index >= 15 is 0 Å². The monoisotopic (exact) mass is 257 g/mol. The first-order chi connectivity index (χ1) is 9.20. The summed E-state index contributed by atoms with van der Waals surface area (Å²) in [6.07, 6.45) is 1.52. The maximum absolute atomic E-state index is 12.0. The molecule has 2 rings (SSSR count). The number of nitrogens with two attached hydrogens (primary N) is 1. The average Bonchev–Trinajstić information content (AvgIpc) is 2.48. The molecule has 0 spiro atoms. The van der Waals surface area contributed by atoms with E-state index in [4.69, 9.17) is 10.5 Å². The van der Waals surface area contributed by atoms with E-state index in [-0.39, 0.29) is 5.91 Å². The molecule has 2 aromatic rings. The standard InChI is InChI=1S/C14H15N3O2/c1-19-12-8-7-11(9-16-12)17-14(18)13(15)10-5-3-2-4-6-10/h2-9,13H,15H2,1H3,(H,17,18)/t13-/m0/s1. The van der Waals surface area contributed by atoms with Gasteiger partial charge in [-0.05, 0) is 11.6 Å². The van der Waals surface area contributed by atoms with E-state index in [2.05, 4.69) is 10.3 Å². The number of amides is 1. The summed E-state index contributed by atoms with van der Waals surface area (Å²) >= 11 is 0. The molecule has 1 atom stereocenters. The van der Waals surface area contributed by atoms with Crippen LogP contribution in [0.5, 0.6) is 5.88 Å². The largest absolute Gasteiger partial charge is 0.481 e. The van der Waals surface area contributed by atoms with Crippen molar-refractivity contribution in [2.45, 2.75) is 6.04 Å². The van der Waals surface area contributed by atoms with Crippen molar-refractivity contribution in [1.82, 2.24) is 4.98 Å². The summed E-state index contributed by atoms with van der Waals surface area (Å²) in [5.74, 6) is 0.212. The van der Waals surface area contributed by atoms with Gasteiger partial charge in [0.2, 0.25) is 11.8 Å². The molecule has 19 heavy (non-hydrogen) atoms. The van der Waals surface area contributed by atoms with Crippen LogP contribution in [0.4, 0.5) is 5.69 Å². The van der Waals surface area contributed by atoms with Crippen LogP contribution in [-0.4, -0.2) is 18.0 Å². The second kappa shape index (κ2) is 5.97. The van der Waals surface area contributed by atoms with Gasteiger partial charge in [-0.1, -0.05) is 30.3 Å². The molecule has 1 amide bonds. The molecule has 5 nitrogen and oxygen atoms in total. The van der Waals surface area contributed by atoms with Gasteiger partial charge in [0, 0.05) is 6.07 Å². The van der Waals surface area contributed by atoms with E-state index in [0.717, 1.165) is 5.56 Å². The number of rotatable bonds is 4. The summed E-state index contributed by atoms with van der Waals surface area (Å²) in [6, 6.07) is 11.9. The number of nitrogens with one attached hydrogen (secondary N) is 1. The van der Waals surface area contributed by atoms with Gasteiger partial charge in [-0.25, -0.2) is 4.98 Å². The molecule has 0 aliphatic carbocycles. The Morgan fingerprint density at radius 2 is 2.00 bits per heavy atom. The number of aromatic nitrogens is 1. The predicted molar refractivity (Wildman–Crippen MR) is 72.8 cm³/mol. The van der Waals surface area contributed by atoms with Gasteiger partial charge in [-0.2, -0.15) is 0 Å². The fourth-order valence-corrected chi connectivity index (χ4v) is 1.61. The third-order valence-electron chi connectivity index (χ3n) is 2.65. The molecule has 1 aromatic heterocycles. The zero-order valence-corrected chi connectivity index (χ0v) is 10.5. The van der Waals surface area contributed by atoms with E-state index in [1.807, 2.05) is 30.3 Å². The summed E-state index contributed by atoms with van der Waals surface area (Å²) in [6.45, 7) is 0. The first kappa shape index (κ1) is 13.0. The molecule has 5 heteroatoms. The van der Waals surface area contributed by atoms with Crippen LogP contribution in [0.15, 0.2) is 48.7 Å². The molecule has 0 aliphatic heterocycles.